The van der Waals surface area contributed by atoms with Crippen LogP contribution in [0.1, 0.15) is 68.2 Å². The molecule has 2 saturated carbocycles. The summed E-state index contributed by atoms with van der Waals surface area (Å²) >= 11 is 0. The number of fused-ring (bicyclic) bond motifs is 1. The number of rotatable bonds is 9. The monoisotopic (exact) mass is 322 g/mol. The average molecular weight is 322 g/mol. The maximum absolute atomic E-state index is 4.89. The van der Waals surface area contributed by atoms with Gasteiger partial charge in [0.2, 0.25) is 0 Å². The fourth-order valence-electron chi connectivity index (χ4n) is 3.84. The molecule has 0 unspecified atom stereocenters. The molecule has 0 saturated heterocycles. The minimum atomic E-state index is 0.753. The van der Waals surface area contributed by atoms with Crippen LogP contribution in [-0.4, -0.2) is 11.0 Å². The quantitative estimate of drug-likeness (QED) is 0.633. The zero-order chi connectivity index (χ0) is 16.4. The molecule has 2 aliphatic carbocycles. The van der Waals surface area contributed by atoms with Crippen LogP contribution in [0.25, 0.3) is 10.9 Å². The number of para-hydroxylation sites is 1. The van der Waals surface area contributed by atoms with E-state index >= 15 is 0 Å². The highest BCUT2D eigenvalue weighted by atomic mass is 14.9. The SMILES string of the molecule is Cc1nc2ccccc2c(CNC2CC2)c1CCCCCC1CC1. The lowest BCUT2D eigenvalue weighted by Gasteiger charge is -2.16. The summed E-state index contributed by atoms with van der Waals surface area (Å²) in [5.74, 6) is 1.08. The molecule has 0 atom stereocenters. The van der Waals surface area contributed by atoms with Gasteiger partial charge in [0.05, 0.1) is 5.52 Å². The zero-order valence-corrected chi connectivity index (χ0v) is 15.0. The summed E-state index contributed by atoms with van der Waals surface area (Å²) in [6, 6.07) is 9.41. The molecule has 1 heterocycles. The van der Waals surface area contributed by atoms with Gasteiger partial charge in [0.25, 0.3) is 0 Å². The third-order valence-corrected chi connectivity index (χ3v) is 5.70. The molecule has 2 heteroatoms. The third-order valence-electron chi connectivity index (χ3n) is 5.70. The topological polar surface area (TPSA) is 24.9 Å². The van der Waals surface area contributed by atoms with E-state index in [1.54, 1.807) is 0 Å². The molecule has 2 nitrogen and oxygen atoms in total. The number of aromatic nitrogens is 1. The Hall–Kier alpha value is -1.41. The maximum Gasteiger partial charge on any atom is 0.0708 e. The molecule has 2 aromatic rings. The van der Waals surface area contributed by atoms with Crippen molar-refractivity contribution in [2.24, 2.45) is 5.92 Å². The van der Waals surface area contributed by atoms with E-state index in [2.05, 4.69) is 36.5 Å². The second-order valence-electron chi connectivity index (χ2n) is 7.87. The largest absolute Gasteiger partial charge is 0.310 e. The van der Waals surface area contributed by atoms with Crippen molar-refractivity contribution in [1.29, 1.82) is 0 Å². The number of benzene rings is 1. The lowest BCUT2D eigenvalue weighted by Crippen LogP contribution is -2.18. The number of aryl methyl sites for hydroxylation is 1. The fourth-order valence-corrected chi connectivity index (χ4v) is 3.84. The Morgan fingerprint density at radius 1 is 1.00 bits per heavy atom. The molecule has 2 fully saturated rings. The minimum absolute atomic E-state index is 0.753. The predicted molar refractivity (Wildman–Crippen MR) is 101 cm³/mol. The molecule has 2 aliphatic rings. The molecule has 0 amide bonds. The summed E-state index contributed by atoms with van der Waals surface area (Å²) in [6.45, 7) is 3.21. The van der Waals surface area contributed by atoms with Crippen molar-refractivity contribution in [2.45, 2.75) is 77.3 Å². The molecule has 1 aromatic carbocycles. The molecule has 24 heavy (non-hydrogen) atoms. The first-order valence-electron chi connectivity index (χ1n) is 9.92. The van der Waals surface area contributed by atoms with Gasteiger partial charge in [-0.25, -0.2) is 0 Å². The normalized spacial score (nSPS) is 17.5. The van der Waals surface area contributed by atoms with Crippen molar-refractivity contribution in [3.8, 4) is 0 Å². The summed E-state index contributed by atoms with van der Waals surface area (Å²) < 4.78 is 0. The van der Waals surface area contributed by atoms with Gasteiger partial charge in [-0.3, -0.25) is 4.98 Å². The van der Waals surface area contributed by atoms with Crippen LogP contribution in [-0.2, 0) is 13.0 Å². The molecule has 0 bridgehead atoms. The fraction of sp³-hybridized carbons (Fsp3) is 0.591. The van der Waals surface area contributed by atoms with Gasteiger partial charge in [-0.2, -0.15) is 0 Å². The van der Waals surface area contributed by atoms with Gasteiger partial charge in [0.15, 0.2) is 0 Å². The molecule has 128 valence electrons. The summed E-state index contributed by atoms with van der Waals surface area (Å²) in [4.78, 5) is 4.89. The van der Waals surface area contributed by atoms with Crippen LogP contribution in [0.15, 0.2) is 24.3 Å². The van der Waals surface area contributed by atoms with Crippen LogP contribution < -0.4 is 5.32 Å². The number of pyridine rings is 1. The van der Waals surface area contributed by atoms with E-state index in [4.69, 9.17) is 4.98 Å². The standard InChI is InChI=1S/C22H30N2/c1-16-19(8-4-2-3-7-17-11-12-17)21(15-23-18-13-14-18)20-9-5-6-10-22(20)24-16/h5-6,9-10,17-18,23H,2-4,7-8,11-15H2,1H3. The Morgan fingerprint density at radius 2 is 1.83 bits per heavy atom. The van der Waals surface area contributed by atoms with Crippen molar-refractivity contribution in [2.75, 3.05) is 0 Å². The first kappa shape index (κ1) is 16.1. The van der Waals surface area contributed by atoms with Crippen molar-refractivity contribution in [1.82, 2.24) is 10.3 Å². The van der Waals surface area contributed by atoms with E-state index in [-0.39, 0.29) is 0 Å². The lowest BCUT2D eigenvalue weighted by atomic mass is 9.95. The van der Waals surface area contributed by atoms with Gasteiger partial charge in [-0.1, -0.05) is 50.3 Å². The van der Waals surface area contributed by atoms with Crippen LogP contribution >= 0.6 is 0 Å². The van der Waals surface area contributed by atoms with Crippen molar-refractivity contribution >= 4 is 10.9 Å². The van der Waals surface area contributed by atoms with E-state index in [0.29, 0.717) is 0 Å². The van der Waals surface area contributed by atoms with Crippen LogP contribution in [0.5, 0.6) is 0 Å². The highest BCUT2D eigenvalue weighted by molar-refractivity contribution is 5.83. The average Bonchev–Trinajstić information content (AvgIpc) is 3.48. The first-order valence-corrected chi connectivity index (χ1v) is 9.92. The molecule has 1 aromatic heterocycles. The van der Waals surface area contributed by atoms with E-state index in [1.165, 1.54) is 80.0 Å². The second-order valence-corrected chi connectivity index (χ2v) is 7.87. The molecular formula is C22H30N2. The second kappa shape index (κ2) is 7.23. The Kier molecular flexibility index (Phi) is 4.84. The number of nitrogens with one attached hydrogen (secondary N) is 1. The number of hydrogen-bond acceptors (Lipinski definition) is 2. The molecular weight excluding hydrogens is 292 g/mol. The van der Waals surface area contributed by atoms with E-state index < -0.39 is 0 Å². The Bertz CT molecular complexity index is 698. The highest BCUT2D eigenvalue weighted by Crippen LogP contribution is 2.34. The van der Waals surface area contributed by atoms with Gasteiger partial charge in [-0.05, 0) is 55.7 Å². The van der Waals surface area contributed by atoms with Gasteiger partial charge >= 0.3 is 0 Å². The smallest absolute Gasteiger partial charge is 0.0708 e. The molecule has 0 spiro atoms. The number of unbranched alkanes of at least 4 members (excludes halogenated alkanes) is 2. The Labute approximate surface area is 146 Å². The molecule has 4 rings (SSSR count). The summed E-state index contributed by atoms with van der Waals surface area (Å²) in [7, 11) is 0. The van der Waals surface area contributed by atoms with Crippen molar-refractivity contribution in [3.63, 3.8) is 0 Å². The Morgan fingerprint density at radius 3 is 2.62 bits per heavy atom. The molecule has 0 radical (unpaired) electrons. The predicted octanol–water partition coefficient (Wildman–Crippen LogP) is 5.31. The summed E-state index contributed by atoms with van der Waals surface area (Å²) in [5.41, 5.74) is 5.41. The molecule has 0 aliphatic heterocycles. The van der Waals surface area contributed by atoms with Gasteiger partial charge in [0.1, 0.15) is 0 Å². The third kappa shape index (κ3) is 3.97. The number of nitrogens with zero attached hydrogens (tertiary/aromatic N) is 1. The van der Waals surface area contributed by atoms with Gasteiger partial charge in [-0.15, -0.1) is 0 Å². The van der Waals surface area contributed by atoms with Crippen molar-refractivity contribution < 1.29 is 0 Å². The van der Waals surface area contributed by atoms with Crippen LogP contribution in [0.2, 0.25) is 0 Å². The van der Waals surface area contributed by atoms with E-state index in [0.717, 1.165) is 24.0 Å². The minimum Gasteiger partial charge on any atom is -0.310 e. The van der Waals surface area contributed by atoms with Gasteiger partial charge in [0, 0.05) is 23.7 Å². The van der Waals surface area contributed by atoms with Crippen molar-refractivity contribution in [3.05, 3.63) is 41.1 Å². The van der Waals surface area contributed by atoms with Gasteiger partial charge < -0.3 is 5.32 Å². The molecule has 1 N–H and O–H groups in total. The summed E-state index contributed by atoms with van der Waals surface area (Å²) in [6.07, 6.45) is 12.4. The number of hydrogen-bond donors (Lipinski definition) is 1. The van der Waals surface area contributed by atoms with Crippen LogP contribution in [0, 0.1) is 12.8 Å². The van der Waals surface area contributed by atoms with E-state index in [1.807, 2.05) is 0 Å². The highest BCUT2D eigenvalue weighted by Gasteiger charge is 2.22. The first-order chi connectivity index (χ1) is 11.8. The summed E-state index contributed by atoms with van der Waals surface area (Å²) in [5, 5.41) is 5.08. The van der Waals surface area contributed by atoms with E-state index in [9.17, 15) is 0 Å². The lowest BCUT2D eigenvalue weighted by molar-refractivity contribution is 0.599. The van der Waals surface area contributed by atoms with Crippen LogP contribution in [0.4, 0.5) is 0 Å². The van der Waals surface area contributed by atoms with Crippen LogP contribution in [0.3, 0.4) is 0 Å². The Balaban J connectivity index is 1.49. The maximum atomic E-state index is 4.89. The zero-order valence-electron chi connectivity index (χ0n) is 15.0.